The summed E-state index contributed by atoms with van der Waals surface area (Å²) in [5, 5.41) is 18.2. The van der Waals surface area contributed by atoms with Crippen molar-refractivity contribution >= 4 is 6.03 Å². The van der Waals surface area contributed by atoms with Crippen molar-refractivity contribution in [2.45, 2.75) is 82.3 Å². The molecule has 1 aliphatic carbocycles. The van der Waals surface area contributed by atoms with E-state index < -0.39 is 29.0 Å². The summed E-state index contributed by atoms with van der Waals surface area (Å²) in [5.41, 5.74) is -2.19. The molecular formula is C28H44F3N3O3. The first-order chi connectivity index (χ1) is 17.8. The molecule has 0 radical (unpaired) electrons. The summed E-state index contributed by atoms with van der Waals surface area (Å²) in [4.78, 5) is 15.0. The van der Waals surface area contributed by atoms with Crippen molar-refractivity contribution in [1.82, 2.24) is 15.5 Å². The number of likely N-dealkylation sites (N-methyl/N-ethyl adjacent to an activating group) is 1. The molecule has 9 heteroatoms. The van der Waals surface area contributed by atoms with Crippen molar-refractivity contribution in [1.29, 1.82) is 0 Å². The Labute approximate surface area is 219 Å². The van der Waals surface area contributed by atoms with E-state index in [-0.39, 0.29) is 30.6 Å². The minimum absolute atomic E-state index is 0.0105. The fraction of sp³-hybridized carbons (Fsp3) is 0.750. The fourth-order valence-electron chi connectivity index (χ4n) is 6.15. The molecule has 210 valence electrons. The van der Waals surface area contributed by atoms with E-state index in [2.05, 4.69) is 10.6 Å². The van der Waals surface area contributed by atoms with Crippen LogP contribution in [0.4, 0.5) is 18.0 Å². The molecule has 2 aliphatic rings. The predicted molar refractivity (Wildman–Crippen MR) is 138 cm³/mol. The smallest absolute Gasteiger partial charge is 0.317 e. The number of carbonyl (C=O) groups is 1. The maximum atomic E-state index is 14.9. The zero-order valence-corrected chi connectivity index (χ0v) is 22.3. The molecule has 0 bridgehead atoms. The molecule has 1 saturated carbocycles. The van der Waals surface area contributed by atoms with E-state index in [9.17, 15) is 23.1 Å². The van der Waals surface area contributed by atoms with Gasteiger partial charge < -0.3 is 25.4 Å². The maximum absolute atomic E-state index is 14.9. The number of unbranched alkanes of at least 4 members (excludes halogenated alkanes) is 1. The Morgan fingerprint density at radius 1 is 1.16 bits per heavy atom. The number of rotatable bonds is 12. The lowest BCUT2D eigenvalue weighted by molar-refractivity contribution is -0.0594. The summed E-state index contributed by atoms with van der Waals surface area (Å²) in [6.07, 6.45) is 9.37. The Bertz CT molecular complexity index is 869. The number of ether oxygens (including phenoxy) is 1. The number of hydrogen-bond acceptors (Lipinski definition) is 4. The Hall–Kier alpha value is -1.84. The van der Waals surface area contributed by atoms with Crippen LogP contribution in [0.1, 0.15) is 76.2 Å². The van der Waals surface area contributed by atoms with Gasteiger partial charge in [0, 0.05) is 56.9 Å². The number of amides is 2. The van der Waals surface area contributed by atoms with E-state index >= 15 is 0 Å². The molecule has 0 spiro atoms. The molecule has 37 heavy (non-hydrogen) atoms. The average molecular weight is 528 g/mol. The molecule has 0 unspecified atom stereocenters. The van der Waals surface area contributed by atoms with Crippen molar-refractivity contribution in [3.8, 4) is 0 Å². The van der Waals surface area contributed by atoms with Crippen molar-refractivity contribution < 1.29 is 27.8 Å². The number of likely N-dealkylation sites (tertiary alicyclic amines) is 1. The summed E-state index contributed by atoms with van der Waals surface area (Å²) in [6.45, 7) is 1.82. The standard InChI is InChI=1S/C28H44F3N3O3/c1-32-18-23(15-20-9-4-3-5-10-20)33-27(35)34-13-8-11-21(19-34)28(36,12-6-7-14-37-2)24-16-22(29)17-25(30)26(24)31/h16-17,20-21,23,32,36H,3-15,18-19H2,1-2H3,(H,33,35)/t21-,23+,28+/m1/s1. The van der Waals surface area contributed by atoms with E-state index in [0.717, 1.165) is 12.5 Å². The molecule has 2 fully saturated rings. The highest BCUT2D eigenvalue weighted by atomic mass is 19.2. The van der Waals surface area contributed by atoms with Gasteiger partial charge in [-0.2, -0.15) is 0 Å². The number of nitrogens with zero attached hydrogens (tertiary/aromatic N) is 1. The molecule has 3 rings (SSSR count). The summed E-state index contributed by atoms with van der Waals surface area (Å²) >= 11 is 0. The highest BCUT2D eigenvalue weighted by Gasteiger charge is 2.43. The van der Waals surface area contributed by atoms with Gasteiger partial charge in [0.15, 0.2) is 11.6 Å². The summed E-state index contributed by atoms with van der Waals surface area (Å²) < 4.78 is 48.3. The van der Waals surface area contributed by atoms with Gasteiger partial charge in [-0.3, -0.25) is 0 Å². The zero-order valence-electron chi connectivity index (χ0n) is 22.3. The topological polar surface area (TPSA) is 73.8 Å². The first-order valence-corrected chi connectivity index (χ1v) is 13.8. The quantitative estimate of drug-likeness (QED) is 0.262. The van der Waals surface area contributed by atoms with Crippen LogP contribution in [0, 0.1) is 29.3 Å². The second kappa shape index (κ2) is 14.4. The van der Waals surface area contributed by atoms with Crippen molar-refractivity contribution in [3.63, 3.8) is 0 Å². The molecule has 1 aliphatic heterocycles. The number of halogens is 3. The second-order valence-corrected chi connectivity index (χ2v) is 10.9. The van der Waals surface area contributed by atoms with Gasteiger partial charge in [0.25, 0.3) is 0 Å². The highest BCUT2D eigenvalue weighted by Crippen LogP contribution is 2.41. The van der Waals surface area contributed by atoms with E-state index in [1.54, 1.807) is 12.0 Å². The predicted octanol–water partition coefficient (Wildman–Crippen LogP) is 5.09. The fourth-order valence-corrected chi connectivity index (χ4v) is 6.15. The number of piperidine rings is 1. The summed E-state index contributed by atoms with van der Waals surface area (Å²) in [7, 11) is 3.44. The lowest BCUT2D eigenvalue weighted by Crippen LogP contribution is -2.54. The SMILES string of the molecule is CNC[C@H](CC1CCCCC1)NC(=O)N1CCC[C@@H]([C@@](O)(CCCCOC)c2cc(F)cc(F)c2F)C1. The van der Waals surface area contributed by atoms with E-state index in [4.69, 9.17) is 4.74 Å². The average Bonchev–Trinajstić information content (AvgIpc) is 2.89. The number of benzene rings is 1. The zero-order chi connectivity index (χ0) is 26.8. The molecule has 3 atom stereocenters. The van der Waals surface area contributed by atoms with Crippen LogP contribution in [0.25, 0.3) is 0 Å². The minimum atomic E-state index is -1.81. The number of nitrogens with one attached hydrogen (secondary N) is 2. The lowest BCUT2D eigenvalue weighted by Gasteiger charge is -2.43. The highest BCUT2D eigenvalue weighted by molar-refractivity contribution is 5.74. The number of methoxy groups -OCH3 is 1. The molecule has 2 amide bonds. The monoisotopic (exact) mass is 527 g/mol. The van der Waals surface area contributed by atoms with Crippen LogP contribution in [0.5, 0.6) is 0 Å². The minimum Gasteiger partial charge on any atom is -0.385 e. The van der Waals surface area contributed by atoms with Gasteiger partial charge in [0.05, 0.1) is 5.60 Å². The van der Waals surface area contributed by atoms with Crippen LogP contribution in [0.3, 0.4) is 0 Å². The van der Waals surface area contributed by atoms with Gasteiger partial charge in [-0.05, 0) is 57.6 Å². The third kappa shape index (κ3) is 8.07. The Balaban J connectivity index is 1.75. The Morgan fingerprint density at radius 3 is 2.62 bits per heavy atom. The maximum Gasteiger partial charge on any atom is 0.317 e. The van der Waals surface area contributed by atoms with Gasteiger partial charge in [-0.15, -0.1) is 0 Å². The number of carbonyl (C=O) groups excluding carboxylic acids is 1. The van der Waals surface area contributed by atoms with Crippen LogP contribution in [-0.2, 0) is 10.3 Å². The Kier molecular flexibility index (Phi) is 11.5. The van der Waals surface area contributed by atoms with Crippen molar-refractivity contribution in [2.24, 2.45) is 11.8 Å². The number of urea groups is 1. The van der Waals surface area contributed by atoms with E-state index in [1.807, 2.05) is 7.05 Å². The van der Waals surface area contributed by atoms with Crippen molar-refractivity contribution in [3.05, 3.63) is 35.1 Å². The summed E-state index contributed by atoms with van der Waals surface area (Å²) in [6, 6.07) is 1.15. The lowest BCUT2D eigenvalue weighted by atomic mass is 9.74. The van der Waals surface area contributed by atoms with Gasteiger partial charge in [0.1, 0.15) is 5.82 Å². The van der Waals surface area contributed by atoms with E-state index in [1.165, 1.54) is 32.1 Å². The number of aliphatic hydroxyl groups is 1. The Morgan fingerprint density at radius 2 is 1.92 bits per heavy atom. The van der Waals surface area contributed by atoms with Gasteiger partial charge in [-0.1, -0.05) is 32.1 Å². The van der Waals surface area contributed by atoms with Crippen LogP contribution < -0.4 is 10.6 Å². The van der Waals surface area contributed by atoms with Gasteiger partial charge in [-0.25, -0.2) is 18.0 Å². The second-order valence-electron chi connectivity index (χ2n) is 10.9. The molecule has 0 aromatic heterocycles. The first-order valence-electron chi connectivity index (χ1n) is 13.8. The molecule has 6 nitrogen and oxygen atoms in total. The van der Waals surface area contributed by atoms with Crippen LogP contribution >= 0.6 is 0 Å². The number of hydrogen-bond donors (Lipinski definition) is 3. The van der Waals surface area contributed by atoms with Crippen LogP contribution in [0.15, 0.2) is 12.1 Å². The van der Waals surface area contributed by atoms with Gasteiger partial charge in [0.2, 0.25) is 0 Å². The molecule has 1 aromatic rings. The molecule has 1 saturated heterocycles. The normalized spacial score (nSPS) is 21.5. The third-order valence-electron chi connectivity index (χ3n) is 8.12. The molecule has 1 aromatic carbocycles. The van der Waals surface area contributed by atoms with Crippen LogP contribution in [-0.4, -0.2) is 62.5 Å². The van der Waals surface area contributed by atoms with E-state index in [0.29, 0.717) is 57.4 Å². The molecular weight excluding hydrogens is 483 g/mol. The largest absolute Gasteiger partial charge is 0.385 e. The van der Waals surface area contributed by atoms with Gasteiger partial charge >= 0.3 is 6.03 Å². The molecule has 1 heterocycles. The third-order valence-corrected chi connectivity index (χ3v) is 8.12. The first kappa shape index (κ1) is 29.7. The van der Waals surface area contributed by atoms with Crippen molar-refractivity contribution in [2.75, 3.05) is 40.4 Å². The summed E-state index contributed by atoms with van der Waals surface area (Å²) in [5.74, 6) is -3.46. The van der Waals surface area contributed by atoms with Crippen LogP contribution in [0.2, 0.25) is 0 Å². The molecule has 3 N–H and O–H groups in total.